The van der Waals surface area contributed by atoms with Crippen LogP contribution in [0.4, 0.5) is 5.69 Å². The molecule has 8 nitrogen and oxygen atoms in total. The van der Waals surface area contributed by atoms with Crippen molar-refractivity contribution < 1.29 is 19.1 Å². The Bertz CT molecular complexity index is 1270. The fourth-order valence-corrected chi connectivity index (χ4v) is 3.47. The standard InChI is InChI=1S/C24H20Cl2N4O4S/c1-14-4-2-3-5-18(14)23(33)27-17-9-6-15(7-10-17)22(32)29-30-24(35)28-21(31)13-34-20-11-8-16(25)12-19(20)26/h2-12H,13H2,1H3,(H,27,33)(H,29,32)(H2,28,30,31,35). The second kappa shape index (κ2) is 12.2. The second-order valence-corrected chi connectivity index (χ2v) is 8.42. The number of hydrazine groups is 1. The van der Waals surface area contributed by atoms with E-state index in [4.69, 9.17) is 40.2 Å². The number of rotatable bonds is 6. The number of carbonyl (C=O) groups is 3. The zero-order valence-corrected chi connectivity index (χ0v) is 20.7. The summed E-state index contributed by atoms with van der Waals surface area (Å²) in [7, 11) is 0. The van der Waals surface area contributed by atoms with Crippen LogP contribution in [0, 0.1) is 6.92 Å². The maximum atomic E-state index is 12.4. The van der Waals surface area contributed by atoms with Gasteiger partial charge in [-0.2, -0.15) is 0 Å². The van der Waals surface area contributed by atoms with Crippen molar-refractivity contribution in [2.45, 2.75) is 6.92 Å². The van der Waals surface area contributed by atoms with Gasteiger partial charge in [0, 0.05) is 21.8 Å². The minimum absolute atomic E-state index is 0.128. The number of amides is 3. The van der Waals surface area contributed by atoms with Gasteiger partial charge in [0.1, 0.15) is 5.75 Å². The van der Waals surface area contributed by atoms with Crippen LogP contribution in [0.3, 0.4) is 0 Å². The Morgan fingerprint density at radius 1 is 0.914 bits per heavy atom. The minimum atomic E-state index is -0.559. The number of hydrogen-bond donors (Lipinski definition) is 4. The smallest absolute Gasteiger partial charge is 0.269 e. The first-order valence-corrected chi connectivity index (χ1v) is 11.3. The summed E-state index contributed by atoms with van der Waals surface area (Å²) in [6, 6.07) is 18.1. The van der Waals surface area contributed by atoms with Gasteiger partial charge in [-0.3, -0.25) is 30.6 Å². The van der Waals surface area contributed by atoms with E-state index < -0.39 is 11.8 Å². The largest absolute Gasteiger partial charge is 0.482 e. The van der Waals surface area contributed by atoms with Crippen molar-refractivity contribution in [1.29, 1.82) is 0 Å². The van der Waals surface area contributed by atoms with E-state index in [0.717, 1.165) is 5.56 Å². The molecule has 3 amide bonds. The predicted molar refractivity (Wildman–Crippen MR) is 139 cm³/mol. The van der Waals surface area contributed by atoms with Gasteiger partial charge in [-0.1, -0.05) is 41.4 Å². The molecule has 0 saturated heterocycles. The highest BCUT2D eigenvalue weighted by molar-refractivity contribution is 7.80. The van der Waals surface area contributed by atoms with Crippen LogP contribution in [0.2, 0.25) is 10.0 Å². The van der Waals surface area contributed by atoms with E-state index in [1.54, 1.807) is 30.3 Å². The van der Waals surface area contributed by atoms with Gasteiger partial charge in [0.25, 0.3) is 17.7 Å². The number of benzene rings is 3. The van der Waals surface area contributed by atoms with Crippen LogP contribution >= 0.6 is 35.4 Å². The summed E-state index contributed by atoms with van der Waals surface area (Å²) in [5, 5.41) is 5.72. The second-order valence-electron chi connectivity index (χ2n) is 7.17. The third kappa shape index (κ3) is 7.68. The average Bonchev–Trinajstić information content (AvgIpc) is 2.82. The van der Waals surface area contributed by atoms with Gasteiger partial charge in [0.2, 0.25) is 0 Å². The maximum absolute atomic E-state index is 12.4. The topological polar surface area (TPSA) is 109 Å². The van der Waals surface area contributed by atoms with Crippen molar-refractivity contribution in [1.82, 2.24) is 16.2 Å². The summed E-state index contributed by atoms with van der Waals surface area (Å²) in [5.74, 6) is -1.01. The SMILES string of the molecule is Cc1ccccc1C(=O)Nc1ccc(C(=O)NNC(=S)NC(=O)COc2ccc(Cl)cc2Cl)cc1. The van der Waals surface area contributed by atoms with Crippen LogP contribution in [0.5, 0.6) is 5.75 Å². The monoisotopic (exact) mass is 530 g/mol. The first kappa shape index (κ1) is 26.0. The highest BCUT2D eigenvalue weighted by Crippen LogP contribution is 2.27. The van der Waals surface area contributed by atoms with Crippen LogP contribution < -0.4 is 26.2 Å². The summed E-state index contributed by atoms with van der Waals surface area (Å²) < 4.78 is 5.32. The first-order valence-electron chi connectivity index (χ1n) is 10.2. The summed E-state index contributed by atoms with van der Waals surface area (Å²) >= 11 is 16.8. The Morgan fingerprint density at radius 3 is 2.31 bits per heavy atom. The van der Waals surface area contributed by atoms with Gasteiger partial charge >= 0.3 is 0 Å². The number of halogens is 2. The number of thiocarbonyl (C=S) groups is 1. The number of carbonyl (C=O) groups excluding carboxylic acids is 3. The lowest BCUT2D eigenvalue weighted by molar-refractivity contribution is -0.121. The van der Waals surface area contributed by atoms with Crippen molar-refractivity contribution in [3.8, 4) is 5.75 Å². The molecule has 3 aromatic carbocycles. The molecule has 0 radical (unpaired) electrons. The summed E-state index contributed by atoms with van der Waals surface area (Å²) in [4.78, 5) is 36.7. The van der Waals surface area contributed by atoms with Gasteiger partial charge < -0.3 is 10.1 Å². The molecular weight excluding hydrogens is 511 g/mol. The van der Waals surface area contributed by atoms with Crippen molar-refractivity contribution >= 4 is 63.9 Å². The lowest BCUT2D eigenvalue weighted by Gasteiger charge is -2.12. The maximum Gasteiger partial charge on any atom is 0.269 e. The highest BCUT2D eigenvalue weighted by atomic mass is 35.5. The fourth-order valence-electron chi connectivity index (χ4n) is 2.85. The molecule has 0 aliphatic heterocycles. The zero-order valence-electron chi connectivity index (χ0n) is 18.4. The van der Waals surface area contributed by atoms with Gasteiger partial charge in [-0.05, 0) is 73.2 Å². The van der Waals surface area contributed by atoms with Crippen LogP contribution in [0.25, 0.3) is 0 Å². The molecule has 0 heterocycles. The molecule has 0 unspecified atom stereocenters. The van der Waals surface area contributed by atoms with E-state index in [1.807, 2.05) is 19.1 Å². The highest BCUT2D eigenvalue weighted by Gasteiger charge is 2.12. The number of anilines is 1. The van der Waals surface area contributed by atoms with E-state index >= 15 is 0 Å². The van der Waals surface area contributed by atoms with Crippen LogP contribution in [0.15, 0.2) is 66.7 Å². The first-order chi connectivity index (χ1) is 16.7. The number of hydrogen-bond acceptors (Lipinski definition) is 5. The molecule has 11 heteroatoms. The molecule has 0 aliphatic carbocycles. The molecular formula is C24H20Cl2N4O4S. The quantitative estimate of drug-likeness (QED) is 0.280. The molecule has 0 spiro atoms. The van der Waals surface area contributed by atoms with E-state index in [2.05, 4.69) is 21.5 Å². The van der Waals surface area contributed by atoms with Crippen molar-refractivity contribution in [3.63, 3.8) is 0 Å². The van der Waals surface area contributed by atoms with Crippen LogP contribution in [-0.4, -0.2) is 29.4 Å². The molecule has 3 aromatic rings. The fraction of sp³-hybridized carbons (Fsp3) is 0.0833. The van der Waals surface area contributed by atoms with Crippen LogP contribution in [-0.2, 0) is 4.79 Å². The molecule has 0 bridgehead atoms. The number of nitrogens with one attached hydrogen (secondary N) is 4. The molecule has 0 aromatic heterocycles. The molecule has 35 heavy (non-hydrogen) atoms. The van der Waals surface area contributed by atoms with E-state index in [9.17, 15) is 14.4 Å². The van der Waals surface area contributed by atoms with Gasteiger partial charge in [-0.25, -0.2) is 0 Å². The molecule has 0 saturated carbocycles. The van der Waals surface area contributed by atoms with Gasteiger partial charge in [-0.15, -0.1) is 0 Å². The van der Waals surface area contributed by atoms with Gasteiger partial charge in [0.05, 0.1) is 5.02 Å². The number of aryl methyl sites for hydroxylation is 1. The minimum Gasteiger partial charge on any atom is -0.482 e. The van der Waals surface area contributed by atoms with Crippen LogP contribution in [0.1, 0.15) is 26.3 Å². The third-order valence-corrected chi connectivity index (χ3v) is 5.32. The molecule has 0 aliphatic rings. The van der Waals surface area contributed by atoms with E-state index in [1.165, 1.54) is 24.3 Å². The van der Waals surface area contributed by atoms with Crippen molar-refractivity contribution in [2.75, 3.05) is 11.9 Å². The lowest BCUT2D eigenvalue weighted by atomic mass is 10.1. The molecule has 3 rings (SSSR count). The summed E-state index contributed by atoms with van der Waals surface area (Å²) in [5.41, 5.74) is 7.08. The summed E-state index contributed by atoms with van der Waals surface area (Å²) in [6.07, 6.45) is 0. The van der Waals surface area contributed by atoms with Crippen molar-refractivity contribution in [3.05, 3.63) is 93.5 Å². The molecule has 0 atom stereocenters. The number of ether oxygens (including phenoxy) is 1. The van der Waals surface area contributed by atoms with Gasteiger partial charge in [0.15, 0.2) is 11.7 Å². The van der Waals surface area contributed by atoms with Crippen molar-refractivity contribution in [2.24, 2.45) is 0 Å². The normalized spacial score (nSPS) is 10.1. The molecule has 0 fully saturated rings. The van der Waals surface area contributed by atoms with E-state index in [0.29, 0.717) is 21.8 Å². The average molecular weight is 531 g/mol. The van der Waals surface area contributed by atoms with E-state index in [-0.39, 0.29) is 28.4 Å². The summed E-state index contributed by atoms with van der Waals surface area (Å²) in [6.45, 7) is 1.50. The third-order valence-electron chi connectivity index (χ3n) is 4.59. The lowest BCUT2D eigenvalue weighted by Crippen LogP contribution is -2.49. The Hall–Kier alpha value is -3.66. The Kier molecular flexibility index (Phi) is 9.02. The Labute approximate surface area is 216 Å². The zero-order chi connectivity index (χ0) is 25.4. The predicted octanol–water partition coefficient (Wildman–Crippen LogP) is 4.27. The molecule has 180 valence electrons. The molecule has 4 N–H and O–H groups in total. The Morgan fingerprint density at radius 2 is 1.63 bits per heavy atom. The Balaban J connectivity index is 1.44.